The van der Waals surface area contributed by atoms with Crippen molar-refractivity contribution in [3.05, 3.63) is 29.7 Å². The molecule has 0 atom stereocenters. The van der Waals surface area contributed by atoms with Crippen LogP contribution in [-0.2, 0) is 30.2 Å². The Morgan fingerprint density at radius 2 is 1.12 bits per heavy atom. The standard InChI is InChI=1S/C20H33N3O5.C14H22N2O4.2CH4/c1-19(2,3)27-17(24)22(7)13-15-12-21-16(14-8-10-26-11-9-14)23(15)18(25)28-20(4,5)6;1-14(2,3)20-13(17)16-11(18-4)9-15-12(16)10-5-7-19-8-6-10;;/h12,14H,8-11,13H2,1-7H3;9-10H,5-8H2,1-4H3;2*1H4. The third kappa shape index (κ3) is 13.2. The summed E-state index contributed by atoms with van der Waals surface area (Å²) in [5.41, 5.74) is -1.20. The zero-order chi connectivity index (χ0) is 35.9. The van der Waals surface area contributed by atoms with E-state index in [1.807, 2.05) is 62.3 Å². The van der Waals surface area contributed by atoms with Crippen LogP contribution in [0.2, 0.25) is 0 Å². The van der Waals surface area contributed by atoms with Crippen LogP contribution in [0.25, 0.3) is 0 Å². The molecule has 14 heteroatoms. The highest BCUT2D eigenvalue weighted by Gasteiger charge is 2.31. The molecule has 2 aromatic rings. The quantitative estimate of drug-likeness (QED) is 0.281. The number of carbonyl (C=O) groups excluding carboxylic acids is 3. The number of methoxy groups -OCH3 is 1. The Bertz CT molecular complexity index is 1370. The summed E-state index contributed by atoms with van der Waals surface area (Å²) in [6.45, 7) is 19.2. The van der Waals surface area contributed by atoms with Gasteiger partial charge in [-0.3, -0.25) is 0 Å². The van der Waals surface area contributed by atoms with Gasteiger partial charge in [0.05, 0.1) is 31.7 Å². The number of hydrogen-bond donors (Lipinski definition) is 0. The molecule has 2 aliphatic heterocycles. The van der Waals surface area contributed by atoms with E-state index in [-0.39, 0.29) is 33.2 Å². The van der Waals surface area contributed by atoms with Gasteiger partial charge in [0.1, 0.15) is 28.5 Å². The fourth-order valence-electron chi connectivity index (χ4n) is 5.15. The first-order valence-electron chi connectivity index (χ1n) is 16.5. The molecule has 14 nitrogen and oxygen atoms in total. The van der Waals surface area contributed by atoms with E-state index in [9.17, 15) is 14.4 Å². The second-order valence-electron chi connectivity index (χ2n) is 15.0. The smallest absolute Gasteiger partial charge is 0.422 e. The lowest BCUT2D eigenvalue weighted by molar-refractivity contribution is 0.0273. The summed E-state index contributed by atoms with van der Waals surface area (Å²) in [5, 5.41) is 0. The maximum absolute atomic E-state index is 12.9. The summed E-state index contributed by atoms with van der Waals surface area (Å²) in [6, 6.07) is 0. The lowest BCUT2D eigenvalue weighted by atomic mass is 9.99. The van der Waals surface area contributed by atoms with Crippen molar-refractivity contribution >= 4 is 18.3 Å². The van der Waals surface area contributed by atoms with Crippen molar-refractivity contribution < 1.29 is 42.8 Å². The number of imidazole rings is 2. The van der Waals surface area contributed by atoms with Crippen molar-refractivity contribution in [1.82, 2.24) is 24.0 Å². The topological polar surface area (TPSA) is 145 Å². The third-order valence-corrected chi connectivity index (χ3v) is 7.26. The molecule has 0 saturated carbocycles. The molecule has 0 spiro atoms. The number of nitrogens with zero attached hydrogens (tertiary/aromatic N) is 5. The Hall–Kier alpha value is -3.65. The summed E-state index contributed by atoms with van der Waals surface area (Å²) in [4.78, 5) is 47.9. The number of rotatable bonds is 5. The zero-order valence-electron chi connectivity index (χ0n) is 30.6. The van der Waals surface area contributed by atoms with E-state index in [0.717, 1.165) is 25.7 Å². The molecule has 0 bridgehead atoms. The Labute approximate surface area is 299 Å². The van der Waals surface area contributed by atoms with Crippen molar-refractivity contribution in [2.75, 3.05) is 40.6 Å². The van der Waals surface area contributed by atoms with Crippen molar-refractivity contribution in [3.8, 4) is 5.88 Å². The molecule has 50 heavy (non-hydrogen) atoms. The van der Waals surface area contributed by atoms with Gasteiger partial charge in [-0.15, -0.1) is 0 Å². The number of aromatic nitrogens is 4. The van der Waals surface area contributed by atoms with Crippen LogP contribution in [0.15, 0.2) is 12.4 Å². The molecule has 2 aromatic heterocycles. The average molecular weight is 710 g/mol. The molecule has 4 rings (SSSR count). The van der Waals surface area contributed by atoms with Crippen molar-refractivity contribution in [2.24, 2.45) is 0 Å². The second-order valence-corrected chi connectivity index (χ2v) is 15.0. The summed E-state index contributed by atoms with van der Waals surface area (Å²) in [5.74, 6) is 2.06. The predicted octanol–water partition coefficient (Wildman–Crippen LogP) is 7.77. The highest BCUT2D eigenvalue weighted by Crippen LogP contribution is 2.30. The lowest BCUT2D eigenvalue weighted by Crippen LogP contribution is -2.35. The third-order valence-electron chi connectivity index (χ3n) is 7.26. The van der Waals surface area contributed by atoms with Crippen LogP contribution in [-0.4, -0.2) is 99.7 Å². The number of hydrogen-bond acceptors (Lipinski definition) is 11. The van der Waals surface area contributed by atoms with Gasteiger partial charge in [-0.2, -0.15) is 0 Å². The van der Waals surface area contributed by atoms with E-state index in [4.69, 9.17) is 28.4 Å². The minimum atomic E-state index is -0.636. The van der Waals surface area contributed by atoms with E-state index in [2.05, 4.69) is 9.97 Å². The van der Waals surface area contributed by atoms with Gasteiger partial charge in [0.15, 0.2) is 0 Å². The van der Waals surface area contributed by atoms with E-state index in [1.165, 1.54) is 21.1 Å². The molecule has 0 unspecified atom stereocenters. The zero-order valence-corrected chi connectivity index (χ0v) is 30.6. The van der Waals surface area contributed by atoms with Crippen molar-refractivity contribution in [2.45, 2.75) is 138 Å². The van der Waals surface area contributed by atoms with Crippen LogP contribution in [0.5, 0.6) is 5.88 Å². The van der Waals surface area contributed by atoms with E-state index in [1.54, 1.807) is 19.4 Å². The normalized spacial score (nSPS) is 15.7. The van der Waals surface area contributed by atoms with Gasteiger partial charge >= 0.3 is 18.3 Å². The molecule has 2 fully saturated rings. The Balaban J connectivity index is 0.000000505. The number of amides is 1. The molecule has 0 radical (unpaired) electrons. The number of ether oxygens (including phenoxy) is 6. The molecule has 1 amide bonds. The summed E-state index contributed by atoms with van der Waals surface area (Å²) >= 11 is 0. The molecule has 0 aliphatic carbocycles. The fraction of sp³-hybridized carbons (Fsp3) is 0.750. The van der Waals surface area contributed by atoms with Crippen LogP contribution in [0, 0.1) is 0 Å². The van der Waals surface area contributed by atoms with Gasteiger partial charge in [-0.05, 0) is 88.0 Å². The average Bonchev–Trinajstić information content (AvgIpc) is 3.60. The molecule has 2 saturated heterocycles. The minimum Gasteiger partial charge on any atom is -0.481 e. The van der Waals surface area contributed by atoms with Crippen LogP contribution in [0.4, 0.5) is 14.4 Å². The van der Waals surface area contributed by atoms with E-state index < -0.39 is 35.1 Å². The van der Waals surface area contributed by atoms with Gasteiger partial charge in [0.2, 0.25) is 5.88 Å². The first-order chi connectivity index (χ1) is 22.3. The summed E-state index contributed by atoms with van der Waals surface area (Å²) < 4.78 is 35.4. The molecule has 4 heterocycles. The fourth-order valence-corrected chi connectivity index (χ4v) is 5.15. The van der Waals surface area contributed by atoms with Crippen LogP contribution in [0.3, 0.4) is 0 Å². The van der Waals surface area contributed by atoms with Gasteiger partial charge in [-0.1, -0.05) is 14.9 Å². The maximum Gasteiger partial charge on any atom is 0.422 e. The highest BCUT2D eigenvalue weighted by atomic mass is 16.6. The second kappa shape index (κ2) is 18.5. The molecular formula is C36H63N5O9. The van der Waals surface area contributed by atoms with Gasteiger partial charge in [0, 0.05) is 45.3 Å². The van der Waals surface area contributed by atoms with E-state index >= 15 is 0 Å². The largest absolute Gasteiger partial charge is 0.481 e. The SMILES string of the molecule is C.C.CN(Cc1cnc(C2CCOCC2)n1C(=O)OC(C)(C)C)C(=O)OC(C)(C)C.COc1cnc(C2CCOCC2)n1C(=O)OC(C)(C)C. The number of carbonyl (C=O) groups is 3. The van der Waals surface area contributed by atoms with Crippen LogP contribution in [0.1, 0.15) is 132 Å². The van der Waals surface area contributed by atoms with Gasteiger partial charge in [-0.25, -0.2) is 33.5 Å². The molecule has 0 N–H and O–H groups in total. The first kappa shape index (κ1) is 44.4. The molecule has 286 valence electrons. The van der Waals surface area contributed by atoms with Crippen molar-refractivity contribution in [1.29, 1.82) is 0 Å². The maximum atomic E-state index is 12.9. The highest BCUT2D eigenvalue weighted by molar-refractivity contribution is 5.74. The van der Waals surface area contributed by atoms with Crippen LogP contribution >= 0.6 is 0 Å². The molecule has 2 aliphatic rings. The van der Waals surface area contributed by atoms with Gasteiger partial charge in [0.25, 0.3) is 0 Å². The monoisotopic (exact) mass is 709 g/mol. The lowest BCUT2D eigenvalue weighted by Gasteiger charge is -2.27. The van der Waals surface area contributed by atoms with Crippen molar-refractivity contribution in [3.63, 3.8) is 0 Å². The Morgan fingerprint density at radius 1 is 0.720 bits per heavy atom. The predicted molar refractivity (Wildman–Crippen MR) is 191 cm³/mol. The summed E-state index contributed by atoms with van der Waals surface area (Å²) in [6.07, 6.45) is 5.09. The molecule has 0 aromatic carbocycles. The summed E-state index contributed by atoms with van der Waals surface area (Å²) in [7, 11) is 3.15. The van der Waals surface area contributed by atoms with Gasteiger partial charge < -0.3 is 33.3 Å². The first-order valence-corrected chi connectivity index (χ1v) is 16.5. The molecular weight excluding hydrogens is 646 g/mol. The minimum absolute atomic E-state index is 0. The Morgan fingerprint density at radius 3 is 1.54 bits per heavy atom. The van der Waals surface area contributed by atoms with E-state index in [0.29, 0.717) is 49.7 Å². The Kier molecular flexibility index (Phi) is 16.5. The van der Waals surface area contributed by atoms with Crippen LogP contribution < -0.4 is 4.74 Å².